The Balaban J connectivity index is 0.00000480. The van der Waals surface area contributed by atoms with Crippen molar-refractivity contribution in [2.45, 2.75) is 59.4 Å². The average molecular weight is 544 g/mol. The van der Waals surface area contributed by atoms with E-state index in [2.05, 4.69) is 78.9 Å². The highest BCUT2D eigenvalue weighted by molar-refractivity contribution is 14.0. The molecule has 7 heteroatoms. The molecule has 1 amide bonds. The predicted octanol–water partition coefficient (Wildman–Crippen LogP) is 3.42. The minimum Gasteiger partial charge on any atom is -0.357 e. The molecule has 1 aromatic carbocycles. The Morgan fingerprint density at radius 3 is 2.42 bits per heavy atom. The highest BCUT2D eigenvalue weighted by Gasteiger charge is 2.22. The van der Waals surface area contributed by atoms with E-state index in [4.69, 9.17) is 4.99 Å². The number of nitrogens with zero attached hydrogens (tertiary/aromatic N) is 2. The van der Waals surface area contributed by atoms with E-state index in [1.807, 2.05) is 0 Å². The molecule has 0 aromatic heterocycles. The number of halogens is 1. The summed E-state index contributed by atoms with van der Waals surface area (Å²) in [5.74, 6) is 1.04. The van der Waals surface area contributed by atoms with Crippen molar-refractivity contribution in [3.63, 3.8) is 0 Å². The number of carbonyl (C=O) groups excluding carboxylic acids is 1. The van der Waals surface area contributed by atoms with Crippen LogP contribution in [0, 0.1) is 5.41 Å². The van der Waals surface area contributed by atoms with Gasteiger partial charge in [-0.3, -0.25) is 14.7 Å². The van der Waals surface area contributed by atoms with Gasteiger partial charge in [0, 0.05) is 38.8 Å². The molecule has 2 rings (SSSR count). The summed E-state index contributed by atoms with van der Waals surface area (Å²) in [6, 6.07) is 11.0. The van der Waals surface area contributed by atoms with E-state index in [1.165, 1.54) is 5.56 Å². The molecule has 1 fully saturated rings. The van der Waals surface area contributed by atoms with Crippen LogP contribution in [0.25, 0.3) is 0 Å². The lowest BCUT2D eigenvalue weighted by atomic mass is 9.86. The van der Waals surface area contributed by atoms with Crippen molar-refractivity contribution in [2.75, 3.05) is 39.3 Å². The number of amides is 1. The third-order valence-corrected chi connectivity index (χ3v) is 5.40. The second-order valence-corrected chi connectivity index (χ2v) is 9.07. The fourth-order valence-electron chi connectivity index (χ4n) is 3.77. The number of piperidine rings is 1. The zero-order chi connectivity index (χ0) is 21.8. The molecule has 0 spiro atoms. The van der Waals surface area contributed by atoms with Crippen LogP contribution in [0.4, 0.5) is 0 Å². The maximum atomic E-state index is 11.9. The Hall–Kier alpha value is -1.35. The van der Waals surface area contributed by atoms with Gasteiger partial charge in [-0.2, -0.15) is 0 Å². The summed E-state index contributed by atoms with van der Waals surface area (Å²) in [6.07, 6.45) is 4.04. The lowest BCUT2D eigenvalue weighted by Gasteiger charge is -2.33. The van der Waals surface area contributed by atoms with Gasteiger partial charge in [-0.25, -0.2) is 0 Å². The molecule has 0 aliphatic carbocycles. The molecule has 176 valence electrons. The smallest absolute Gasteiger partial charge is 0.234 e. The molecule has 31 heavy (non-hydrogen) atoms. The topological polar surface area (TPSA) is 68.8 Å². The number of likely N-dealkylation sites (tertiary alicyclic amines) is 1. The quantitative estimate of drug-likeness (QED) is 0.241. The number of hydrogen-bond acceptors (Lipinski definition) is 3. The minimum atomic E-state index is 0. The number of carbonyl (C=O) groups is 1. The molecule has 0 bridgehead atoms. The molecule has 3 N–H and O–H groups in total. The van der Waals surface area contributed by atoms with Crippen LogP contribution in [-0.2, 0) is 11.2 Å². The van der Waals surface area contributed by atoms with Gasteiger partial charge >= 0.3 is 0 Å². The van der Waals surface area contributed by atoms with Crippen LogP contribution in [0.2, 0.25) is 0 Å². The Kier molecular flexibility index (Phi) is 13.1. The van der Waals surface area contributed by atoms with Crippen molar-refractivity contribution in [1.82, 2.24) is 20.9 Å². The van der Waals surface area contributed by atoms with Crippen LogP contribution >= 0.6 is 24.0 Å². The van der Waals surface area contributed by atoms with Gasteiger partial charge in [0.25, 0.3) is 0 Å². The zero-order valence-corrected chi connectivity index (χ0v) is 22.1. The van der Waals surface area contributed by atoms with Crippen molar-refractivity contribution >= 4 is 35.8 Å². The SMILES string of the molecule is CCCNC(=O)CN1CCC(NC(=NCC(C)(C)Cc2ccccc2)NCC)CC1.I. The van der Waals surface area contributed by atoms with Crippen molar-refractivity contribution < 1.29 is 4.79 Å². The summed E-state index contributed by atoms with van der Waals surface area (Å²) in [4.78, 5) is 19.1. The average Bonchev–Trinajstić information content (AvgIpc) is 2.72. The maximum absolute atomic E-state index is 11.9. The van der Waals surface area contributed by atoms with E-state index in [-0.39, 0.29) is 35.3 Å². The molecule has 1 saturated heterocycles. The highest BCUT2D eigenvalue weighted by atomic mass is 127. The first-order valence-corrected chi connectivity index (χ1v) is 11.5. The van der Waals surface area contributed by atoms with Crippen molar-refractivity contribution in [2.24, 2.45) is 10.4 Å². The first-order chi connectivity index (χ1) is 14.4. The Bertz CT molecular complexity index is 657. The predicted molar refractivity (Wildman–Crippen MR) is 141 cm³/mol. The van der Waals surface area contributed by atoms with Gasteiger partial charge in [0.05, 0.1) is 6.54 Å². The van der Waals surface area contributed by atoms with Crippen LogP contribution < -0.4 is 16.0 Å². The molecule has 0 atom stereocenters. The number of hydrogen-bond donors (Lipinski definition) is 3. The number of aliphatic imine (C=N–C) groups is 1. The molecule has 0 saturated carbocycles. The first kappa shape index (κ1) is 27.7. The maximum Gasteiger partial charge on any atom is 0.234 e. The van der Waals surface area contributed by atoms with Crippen LogP contribution in [0.1, 0.15) is 52.5 Å². The third-order valence-electron chi connectivity index (χ3n) is 5.40. The normalized spacial score (nSPS) is 15.8. The van der Waals surface area contributed by atoms with E-state index in [0.29, 0.717) is 12.6 Å². The summed E-state index contributed by atoms with van der Waals surface area (Å²) in [6.45, 7) is 13.5. The monoisotopic (exact) mass is 543 g/mol. The second kappa shape index (κ2) is 14.7. The fourth-order valence-corrected chi connectivity index (χ4v) is 3.77. The van der Waals surface area contributed by atoms with Crippen LogP contribution in [0.3, 0.4) is 0 Å². The van der Waals surface area contributed by atoms with Gasteiger partial charge in [-0.05, 0) is 43.6 Å². The number of guanidine groups is 1. The summed E-state index contributed by atoms with van der Waals surface area (Å²) < 4.78 is 0. The number of benzene rings is 1. The van der Waals surface area contributed by atoms with Crippen molar-refractivity contribution in [1.29, 1.82) is 0 Å². The number of nitrogens with one attached hydrogen (secondary N) is 3. The molecule has 1 aliphatic heterocycles. The third kappa shape index (κ3) is 11.2. The lowest BCUT2D eigenvalue weighted by molar-refractivity contribution is -0.122. The minimum absolute atomic E-state index is 0. The van der Waals surface area contributed by atoms with Gasteiger partial charge in [-0.1, -0.05) is 51.1 Å². The Labute approximate surface area is 206 Å². The van der Waals surface area contributed by atoms with E-state index >= 15 is 0 Å². The highest BCUT2D eigenvalue weighted by Crippen LogP contribution is 2.22. The van der Waals surface area contributed by atoms with Crippen LogP contribution in [0.15, 0.2) is 35.3 Å². The van der Waals surface area contributed by atoms with Gasteiger partial charge in [-0.15, -0.1) is 24.0 Å². The summed E-state index contributed by atoms with van der Waals surface area (Å²) in [5, 5.41) is 9.97. The lowest BCUT2D eigenvalue weighted by Crippen LogP contribution is -2.50. The second-order valence-electron chi connectivity index (χ2n) is 9.07. The standard InChI is InChI=1S/C24H41N5O.HI/c1-5-14-26-22(30)18-29-15-12-21(13-16-29)28-23(25-6-2)27-19-24(3,4)17-20-10-8-7-9-11-20;/h7-11,21H,5-6,12-19H2,1-4H3,(H,26,30)(H2,25,27,28);1H. The molecular formula is C24H42IN5O. The number of rotatable bonds is 10. The molecule has 1 aromatic rings. The van der Waals surface area contributed by atoms with Crippen LogP contribution in [-0.4, -0.2) is 62.1 Å². The van der Waals surface area contributed by atoms with Crippen molar-refractivity contribution in [3.05, 3.63) is 35.9 Å². The molecule has 1 heterocycles. The van der Waals surface area contributed by atoms with Crippen molar-refractivity contribution in [3.8, 4) is 0 Å². The Morgan fingerprint density at radius 1 is 1.13 bits per heavy atom. The zero-order valence-electron chi connectivity index (χ0n) is 19.7. The largest absolute Gasteiger partial charge is 0.357 e. The molecule has 6 nitrogen and oxygen atoms in total. The molecule has 0 radical (unpaired) electrons. The summed E-state index contributed by atoms with van der Waals surface area (Å²) in [7, 11) is 0. The van der Waals surface area contributed by atoms with Gasteiger partial charge in [0.1, 0.15) is 0 Å². The van der Waals surface area contributed by atoms with E-state index < -0.39 is 0 Å². The molecular weight excluding hydrogens is 501 g/mol. The summed E-state index contributed by atoms with van der Waals surface area (Å²) in [5.41, 5.74) is 1.45. The first-order valence-electron chi connectivity index (χ1n) is 11.5. The van der Waals surface area contributed by atoms with E-state index in [9.17, 15) is 4.79 Å². The van der Waals surface area contributed by atoms with E-state index in [1.54, 1.807) is 0 Å². The van der Waals surface area contributed by atoms with Gasteiger partial charge in [0.15, 0.2) is 5.96 Å². The fraction of sp³-hybridized carbons (Fsp3) is 0.667. The van der Waals surface area contributed by atoms with Gasteiger partial charge in [0.2, 0.25) is 5.91 Å². The molecule has 1 aliphatic rings. The Morgan fingerprint density at radius 2 is 1.81 bits per heavy atom. The summed E-state index contributed by atoms with van der Waals surface area (Å²) >= 11 is 0. The molecule has 0 unspecified atom stereocenters. The van der Waals surface area contributed by atoms with E-state index in [0.717, 1.165) is 64.4 Å². The van der Waals surface area contributed by atoms with Crippen LogP contribution in [0.5, 0.6) is 0 Å². The van der Waals surface area contributed by atoms with Gasteiger partial charge < -0.3 is 16.0 Å².